The number of anilines is 1. The fourth-order valence-corrected chi connectivity index (χ4v) is 2.37. The summed E-state index contributed by atoms with van der Waals surface area (Å²) in [6.45, 7) is 0. The number of halogens is 5. The van der Waals surface area contributed by atoms with Gasteiger partial charge >= 0.3 is 12.2 Å². The Kier molecular flexibility index (Phi) is 5.69. The van der Waals surface area contributed by atoms with Gasteiger partial charge in [-0.3, -0.25) is 0 Å². The molecular formula is C16H13Cl2F3N2O2. The van der Waals surface area contributed by atoms with Gasteiger partial charge in [-0.1, -0.05) is 23.2 Å². The van der Waals surface area contributed by atoms with E-state index in [0.717, 1.165) is 6.07 Å². The fraction of sp³-hybridized carbons (Fsp3) is 0.188. The Hall–Kier alpha value is -2.12. The molecule has 0 aromatic heterocycles. The number of rotatable bonds is 3. The third-order valence-electron chi connectivity index (χ3n) is 3.05. The quantitative estimate of drug-likeness (QED) is 0.706. The minimum absolute atomic E-state index is 0.123. The van der Waals surface area contributed by atoms with Gasteiger partial charge < -0.3 is 15.0 Å². The number of amides is 2. The molecule has 0 aliphatic rings. The molecule has 0 heterocycles. The van der Waals surface area contributed by atoms with Crippen LogP contribution in [0.2, 0.25) is 10.0 Å². The van der Waals surface area contributed by atoms with E-state index in [4.69, 9.17) is 27.9 Å². The molecule has 0 aliphatic heterocycles. The highest BCUT2D eigenvalue weighted by molar-refractivity contribution is 6.35. The molecule has 0 radical (unpaired) electrons. The number of hydrogen-bond acceptors (Lipinski definition) is 2. The number of nitrogens with zero attached hydrogens (tertiary/aromatic N) is 1. The maximum absolute atomic E-state index is 13.1. The molecule has 0 saturated heterocycles. The van der Waals surface area contributed by atoms with Crippen molar-refractivity contribution in [2.45, 2.75) is 6.18 Å². The summed E-state index contributed by atoms with van der Waals surface area (Å²) < 4.78 is 44.7. The first-order valence-electron chi connectivity index (χ1n) is 6.90. The second kappa shape index (κ2) is 7.41. The van der Waals surface area contributed by atoms with Gasteiger partial charge in [0.2, 0.25) is 0 Å². The van der Waals surface area contributed by atoms with Crippen molar-refractivity contribution in [1.29, 1.82) is 0 Å². The highest BCUT2D eigenvalue weighted by atomic mass is 35.5. The van der Waals surface area contributed by atoms with Crippen LogP contribution in [0.3, 0.4) is 0 Å². The molecule has 0 fully saturated rings. The van der Waals surface area contributed by atoms with Gasteiger partial charge in [0.15, 0.2) is 5.75 Å². The maximum Gasteiger partial charge on any atom is 0.420 e. The number of carbonyl (C=O) groups excluding carboxylic acids is 1. The molecule has 2 amide bonds. The second-order valence-corrected chi connectivity index (χ2v) is 6.06. The minimum atomic E-state index is -4.68. The minimum Gasteiger partial charge on any atom is -0.455 e. The van der Waals surface area contributed by atoms with E-state index in [-0.39, 0.29) is 21.8 Å². The molecule has 0 saturated carbocycles. The molecule has 4 nitrogen and oxygen atoms in total. The Morgan fingerprint density at radius 1 is 1.12 bits per heavy atom. The van der Waals surface area contributed by atoms with Gasteiger partial charge in [-0.05, 0) is 36.4 Å². The van der Waals surface area contributed by atoms with E-state index < -0.39 is 17.5 Å². The van der Waals surface area contributed by atoms with Crippen LogP contribution in [0.5, 0.6) is 11.5 Å². The van der Waals surface area contributed by atoms with Crippen molar-refractivity contribution in [1.82, 2.24) is 4.90 Å². The lowest BCUT2D eigenvalue weighted by molar-refractivity contribution is -0.138. The van der Waals surface area contributed by atoms with E-state index in [9.17, 15) is 18.0 Å². The van der Waals surface area contributed by atoms with Crippen molar-refractivity contribution in [3.05, 3.63) is 52.0 Å². The van der Waals surface area contributed by atoms with Crippen molar-refractivity contribution in [3.63, 3.8) is 0 Å². The lowest BCUT2D eigenvalue weighted by Crippen LogP contribution is -2.27. The summed E-state index contributed by atoms with van der Waals surface area (Å²) in [5.74, 6) is -0.416. The standard InChI is InChI=1S/C16H13Cl2F3N2O2/c1-23(2)15(24)22-10-3-5-11(6-4-10)25-14-12(16(19,20)21)7-9(17)8-13(14)18/h3-8H,1-2H3,(H,22,24). The number of ether oxygens (including phenoxy) is 1. The van der Waals surface area contributed by atoms with Crippen LogP contribution in [0.25, 0.3) is 0 Å². The molecule has 0 aliphatic carbocycles. The zero-order chi connectivity index (χ0) is 18.8. The molecule has 0 unspecified atom stereocenters. The first kappa shape index (κ1) is 19.2. The first-order valence-corrected chi connectivity index (χ1v) is 7.66. The smallest absolute Gasteiger partial charge is 0.420 e. The largest absolute Gasteiger partial charge is 0.455 e. The summed E-state index contributed by atoms with van der Waals surface area (Å²) in [5.41, 5.74) is -0.612. The topological polar surface area (TPSA) is 41.6 Å². The highest BCUT2D eigenvalue weighted by Gasteiger charge is 2.36. The average Bonchev–Trinajstić information content (AvgIpc) is 2.50. The number of urea groups is 1. The predicted molar refractivity (Wildman–Crippen MR) is 90.7 cm³/mol. The van der Waals surface area contributed by atoms with Crippen LogP contribution in [-0.2, 0) is 6.18 Å². The van der Waals surface area contributed by atoms with Crippen molar-refractivity contribution in [3.8, 4) is 11.5 Å². The molecule has 0 atom stereocenters. The number of hydrogen-bond donors (Lipinski definition) is 1. The Balaban J connectivity index is 2.27. The molecule has 2 aromatic carbocycles. The summed E-state index contributed by atoms with van der Waals surface area (Å²) in [6, 6.07) is 7.39. The third-order valence-corrected chi connectivity index (χ3v) is 3.54. The third kappa shape index (κ3) is 4.93. The predicted octanol–water partition coefficient (Wildman–Crippen LogP) is 5.90. The summed E-state index contributed by atoms with van der Waals surface area (Å²) in [6.07, 6.45) is -4.68. The van der Waals surface area contributed by atoms with Crippen molar-refractivity contribution in [2.75, 3.05) is 19.4 Å². The number of nitrogens with one attached hydrogen (secondary N) is 1. The molecule has 25 heavy (non-hydrogen) atoms. The van der Waals surface area contributed by atoms with Crippen LogP contribution in [0.15, 0.2) is 36.4 Å². The molecule has 0 spiro atoms. The van der Waals surface area contributed by atoms with Crippen LogP contribution < -0.4 is 10.1 Å². The molecule has 9 heteroatoms. The summed E-state index contributed by atoms with van der Waals surface area (Å²) in [5, 5.41) is 2.19. The maximum atomic E-state index is 13.1. The van der Waals surface area contributed by atoms with E-state index >= 15 is 0 Å². The number of carbonyl (C=O) groups is 1. The van der Waals surface area contributed by atoms with Gasteiger partial charge in [0.05, 0.1) is 5.02 Å². The fourth-order valence-electron chi connectivity index (χ4n) is 1.83. The first-order chi connectivity index (χ1) is 11.6. The SMILES string of the molecule is CN(C)C(=O)Nc1ccc(Oc2c(Cl)cc(Cl)cc2C(F)(F)F)cc1. The van der Waals surface area contributed by atoms with Crippen LogP contribution in [0, 0.1) is 0 Å². The molecular weight excluding hydrogens is 380 g/mol. The number of benzene rings is 2. The van der Waals surface area contributed by atoms with E-state index in [2.05, 4.69) is 5.32 Å². The zero-order valence-electron chi connectivity index (χ0n) is 13.1. The van der Waals surface area contributed by atoms with Crippen molar-refractivity contribution in [2.24, 2.45) is 0 Å². The van der Waals surface area contributed by atoms with Gasteiger partial charge in [0.1, 0.15) is 11.3 Å². The Morgan fingerprint density at radius 2 is 1.72 bits per heavy atom. The van der Waals surface area contributed by atoms with Crippen LogP contribution >= 0.6 is 23.2 Å². The Bertz CT molecular complexity index is 778. The van der Waals surface area contributed by atoms with Gasteiger partial charge in [-0.15, -0.1) is 0 Å². The molecule has 0 bridgehead atoms. The Labute approximate surface area is 152 Å². The molecule has 2 aromatic rings. The van der Waals surface area contributed by atoms with E-state index in [0.29, 0.717) is 5.69 Å². The normalized spacial score (nSPS) is 11.2. The van der Waals surface area contributed by atoms with Gasteiger partial charge in [-0.2, -0.15) is 13.2 Å². The second-order valence-electron chi connectivity index (χ2n) is 5.21. The lowest BCUT2D eigenvalue weighted by Gasteiger charge is -2.16. The van der Waals surface area contributed by atoms with Crippen molar-refractivity contribution < 1.29 is 22.7 Å². The Morgan fingerprint density at radius 3 is 2.24 bits per heavy atom. The summed E-state index contributed by atoms with van der Waals surface area (Å²) in [7, 11) is 3.15. The monoisotopic (exact) mass is 392 g/mol. The van der Waals surface area contributed by atoms with Crippen LogP contribution in [-0.4, -0.2) is 25.0 Å². The van der Waals surface area contributed by atoms with Crippen LogP contribution in [0.1, 0.15) is 5.56 Å². The van der Waals surface area contributed by atoms with Gasteiger partial charge in [0, 0.05) is 24.8 Å². The molecule has 134 valence electrons. The highest BCUT2D eigenvalue weighted by Crippen LogP contribution is 2.44. The number of alkyl halides is 3. The average molecular weight is 393 g/mol. The lowest BCUT2D eigenvalue weighted by atomic mass is 10.2. The van der Waals surface area contributed by atoms with Crippen LogP contribution in [0.4, 0.5) is 23.7 Å². The van der Waals surface area contributed by atoms with Crippen molar-refractivity contribution >= 4 is 34.9 Å². The van der Waals surface area contributed by atoms with Gasteiger partial charge in [-0.25, -0.2) is 4.79 Å². The van der Waals surface area contributed by atoms with Gasteiger partial charge in [0.25, 0.3) is 0 Å². The van der Waals surface area contributed by atoms with E-state index in [1.807, 2.05) is 0 Å². The summed E-state index contributed by atoms with van der Waals surface area (Å²) in [4.78, 5) is 12.9. The molecule has 1 N–H and O–H groups in total. The zero-order valence-corrected chi connectivity index (χ0v) is 14.6. The van der Waals surface area contributed by atoms with E-state index in [1.54, 1.807) is 14.1 Å². The molecule has 2 rings (SSSR count). The van der Waals surface area contributed by atoms with E-state index in [1.165, 1.54) is 35.2 Å². The summed E-state index contributed by atoms with van der Waals surface area (Å²) >= 11 is 11.5.